The zero-order valence-corrected chi connectivity index (χ0v) is 22.4. The second-order valence-corrected chi connectivity index (χ2v) is 10.1. The number of aliphatic hydroxyl groups excluding tert-OH is 5. The minimum Gasteiger partial charge on any atom is -0.504 e. The topological polar surface area (TPSA) is 198 Å². The summed E-state index contributed by atoms with van der Waals surface area (Å²) in [4.78, 5) is 13.1. The fourth-order valence-corrected chi connectivity index (χ4v) is 4.91. The lowest BCUT2D eigenvalue weighted by molar-refractivity contribution is -0.352. The van der Waals surface area contributed by atoms with Gasteiger partial charge in [-0.2, -0.15) is 0 Å². The van der Waals surface area contributed by atoms with Crippen molar-refractivity contribution in [1.29, 1.82) is 0 Å². The third-order valence-electron chi connectivity index (χ3n) is 7.31. The number of phenolic OH excluding ortho intramolecular Hbond substituents is 1. The van der Waals surface area contributed by atoms with Crippen LogP contribution in [0.1, 0.15) is 13.8 Å². The van der Waals surface area contributed by atoms with E-state index in [2.05, 4.69) is 0 Å². The van der Waals surface area contributed by atoms with Crippen LogP contribution >= 0.6 is 0 Å². The predicted octanol–water partition coefficient (Wildman–Crippen LogP) is 0.232. The number of hydrogen-bond acceptors (Lipinski definition) is 13. The number of rotatable bonds is 6. The Morgan fingerprint density at radius 2 is 1.44 bits per heavy atom. The van der Waals surface area contributed by atoms with Crippen LogP contribution in [0.2, 0.25) is 0 Å². The molecular weight excluding hydrogens is 544 g/mol. The van der Waals surface area contributed by atoms with Gasteiger partial charge in [-0.3, -0.25) is 4.79 Å². The fraction of sp³-hybridized carbons (Fsp3) is 0.464. The highest BCUT2D eigenvalue weighted by Gasteiger charge is 2.50. The second kappa shape index (κ2) is 11.5. The van der Waals surface area contributed by atoms with Crippen LogP contribution < -0.4 is 14.9 Å². The van der Waals surface area contributed by atoms with Crippen molar-refractivity contribution in [2.24, 2.45) is 0 Å². The highest BCUT2D eigenvalue weighted by atomic mass is 16.8. The molecule has 0 radical (unpaired) electrons. The van der Waals surface area contributed by atoms with Gasteiger partial charge >= 0.3 is 0 Å². The minimum atomic E-state index is -1.72. The lowest BCUT2D eigenvalue weighted by atomic mass is 9.98. The molecule has 3 heterocycles. The van der Waals surface area contributed by atoms with Crippen molar-refractivity contribution in [3.63, 3.8) is 0 Å². The van der Waals surface area contributed by atoms with Crippen LogP contribution in [0.5, 0.6) is 17.2 Å². The average molecular weight is 577 g/mol. The molecule has 2 aliphatic heterocycles. The third-order valence-corrected chi connectivity index (χ3v) is 7.31. The summed E-state index contributed by atoms with van der Waals surface area (Å²) in [6.07, 6.45) is -14.4. The maximum atomic E-state index is 13.1. The summed E-state index contributed by atoms with van der Waals surface area (Å²) in [5.41, 5.74) is 0.0811. The molecule has 2 saturated heterocycles. The van der Waals surface area contributed by atoms with E-state index in [1.807, 2.05) is 6.07 Å². The molecule has 0 bridgehead atoms. The van der Waals surface area contributed by atoms with E-state index in [0.717, 1.165) is 0 Å². The van der Waals surface area contributed by atoms with E-state index in [0.29, 0.717) is 5.56 Å². The number of methoxy groups -OCH3 is 1. The second-order valence-electron chi connectivity index (χ2n) is 10.1. The molecule has 13 heteroatoms. The number of benzene rings is 2. The van der Waals surface area contributed by atoms with Gasteiger partial charge in [-0.25, -0.2) is 0 Å². The van der Waals surface area contributed by atoms with E-state index in [4.69, 9.17) is 28.1 Å². The molecule has 10 atom stereocenters. The lowest BCUT2D eigenvalue weighted by Crippen LogP contribution is -2.63. The zero-order valence-electron chi connectivity index (χ0n) is 22.4. The van der Waals surface area contributed by atoms with E-state index in [1.54, 1.807) is 24.3 Å². The molecule has 10 unspecified atom stereocenters. The zero-order chi connectivity index (χ0) is 29.6. The van der Waals surface area contributed by atoms with E-state index >= 15 is 0 Å². The Hall–Kier alpha value is -3.27. The average Bonchev–Trinajstić information content (AvgIpc) is 2.96. The van der Waals surface area contributed by atoms with Crippen LogP contribution in [0, 0.1) is 0 Å². The van der Waals surface area contributed by atoms with Crippen molar-refractivity contribution in [2.45, 2.75) is 75.3 Å². The molecule has 0 saturated carbocycles. The van der Waals surface area contributed by atoms with Crippen molar-refractivity contribution in [3.8, 4) is 28.6 Å². The number of aliphatic hydroxyl groups is 5. The van der Waals surface area contributed by atoms with Gasteiger partial charge in [0, 0.05) is 17.7 Å². The van der Waals surface area contributed by atoms with Crippen LogP contribution in [-0.4, -0.2) is 99.2 Å². The van der Waals surface area contributed by atoms with Crippen LogP contribution in [0.3, 0.4) is 0 Å². The van der Waals surface area contributed by atoms with Crippen molar-refractivity contribution in [1.82, 2.24) is 0 Å². The molecular formula is C28H32O13. The summed E-state index contributed by atoms with van der Waals surface area (Å²) >= 11 is 0. The van der Waals surface area contributed by atoms with Gasteiger partial charge in [0.25, 0.3) is 0 Å². The van der Waals surface area contributed by atoms with Crippen molar-refractivity contribution in [2.75, 3.05) is 7.11 Å². The molecule has 0 aliphatic carbocycles. The molecule has 2 fully saturated rings. The Morgan fingerprint density at radius 1 is 0.805 bits per heavy atom. The van der Waals surface area contributed by atoms with Gasteiger partial charge in [0.2, 0.25) is 12.0 Å². The summed E-state index contributed by atoms with van der Waals surface area (Å²) < 4.78 is 34.1. The normalized spacial score (nSPS) is 34.0. The number of phenols is 1. The number of fused-ring (bicyclic) bond motifs is 1. The highest BCUT2D eigenvalue weighted by molar-refractivity contribution is 5.89. The number of aromatic hydroxyl groups is 1. The molecule has 2 aliphatic rings. The molecule has 13 nitrogen and oxygen atoms in total. The number of ether oxygens (including phenoxy) is 5. The summed E-state index contributed by atoms with van der Waals surface area (Å²) in [5.74, 6) is -0.770. The van der Waals surface area contributed by atoms with Crippen LogP contribution in [0.4, 0.5) is 0 Å². The lowest BCUT2D eigenvalue weighted by Gasteiger charge is -2.45. The summed E-state index contributed by atoms with van der Waals surface area (Å²) in [6.45, 7) is 2.91. The highest BCUT2D eigenvalue weighted by Crippen LogP contribution is 2.44. The Morgan fingerprint density at radius 3 is 2.10 bits per heavy atom. The smallest absolute Gasteiger partial charge is 0.229 e. The quantitative estimate of drug-likeness (QED) is 0.233. The van der Waals surface area contributed by atoms with Crippen LogP contribution in [-0.2, 0) is 14.2 Å². The molecule has 5 rings (SSSR count). The molecule has 222 valence electrons. The van der Waals surface area contributed by atoms with Gasteiger partial charge in [0.15, 0.2) is 29.3 Å². The van der Waals surface area contributed by atoms with E-state index < -0.39 is 72.6 Å². The van der Waals surface area contributed by atoms with E-state index in [-0.39, 0.29) is 28.2 Å². The predicted molar refractivity (Wildman–Crippen MR) is 140 cm³/mol. The standard InChI is InChI=1S/C28H32O13/c1-11-19(30)22(33)24(35)27(37-11)41-26-23(34)20(31)12(2)38-28(26)40-25-17(36-3)10-16-18(21(25)32)14(29)9-15(39-16)13-7-5-4-6-8-13/h4-12,19-20,22-24,26-28,30-35H,1-3H3. The minimum absolute atomic E-state index is 0.0134. The molecule has 41 heavy (non-hydrogen) atoms. The van der Waals surface area contributed by atoms with Gasteiger partial charge in [-0.15, -0.1) is 0 Å². The third kappa shape index (κ3) is 5.38. The summed E-state index contributed by atoms with van der Waals surface area (Å²) in [7, 11) is 1.30. The van der Waals surface area contributed by atoms with Crippen molar-refractivity contribution >= 4 is 11.0 Å². The van der Waals surface area contributed by atoms with Crippen molar-refractivity contribution < 1.29 is 58.7 Å². The first-order chi connectivity index (χ1) is 19.5. The summed E-state index contributed by atoms with van der Waals surface area (Å²) in [6, 6.07) is 11.5. The van der Waals surface area contributed by atoms with Gasteiger partial charge in [-0.05, 0) is 13.8 Å². The van der Waals surface area contributed by atoms with E-state index in [9.17, 15) is 35.4 Å². The first-order valence-corrected chi connectivity index (χ1v) is 13.0. The molecule has 3 aromatic rings. The number of hydrogen-bond donors (Lipinski definition) is 6. The largest absolute Gasteiger partial charge is 0.504 e. The summed E-state index contributed by atoms with van der Waals surface area (Å²) in [5, 5.41) is 62.9. The first kappa shape index (κ1) is 29.2. The monoisotopic (exact) mass is 576 g/mol. The van der Waals surface area contributed by atoms with Gasteiger partial charge in [-0.1, -0.05) is 30.3 Å². The van der Waals surface area contributed by atoms with Crippen LogP contribution in [0.25, 0.3) is 22.3 Å². The first-order valence-electron chi connectivity index (χ1n) is 13.0. The molecule has 0 amide bonds. The van der Waals surface area contributed by atoms with Crippen molar-refractivity contribution in [3.05, 3.63) is 52.7 Å². The molecule has 2 aromatic carbocycles. The Kier molecular flexibility index (Phi) is 8.23. The Bertz CT molecular complexity index is 1430. The van der Waals surface area contributed by atoms with Crippen LogP contribution in [0.15, 0.2) is 51.7 Å². The Balaban J connectivity index is 1.51. The molecule has 1 aromatic heterocycles. The molecule has 6 N–H and O–H groups in total. The van der Waals surface area contributed by atoms with E-state index in [1.165, 1.54) is 33.1 Å². The maximum Gasteiger partial charge on any atom is 0.229 e. The Labute approximate surface area is 233 Å². The van der Waals surface area contributed by atoms with Gasteiger partial charge in [0.05, 0.1) is 19.3 Å². The van der Waals surface area contributed by atoms with Gasteiger partial charge < -0.3 is 58.7 Å². The fourth-order valence-electron chi connectivity index (χ4n) is 4.91. The maximum absolute atomic E-state index is 13.1. The SMILES string of the molecule is COc1cc2oc(-c3ccccc3)cc(=O)c2c(O)c1OC1OC(C)C(O)C(O)C1OC1OC(C)C(O)C(O)C1O. The molecule has 0 spiro atoms. The van der Waals surface area contributed by atoms with Gasteiger partial charge in [0.1, 0.15) is 47.2 Å².